The first-order chi connectivity index (χ1) is 11.6. The van der Waals surface area contributed by atoms with E-state index >= 15 is 0 Å². The second-order valence-electron chi connectivity index (χ2n) is 6.59. The Labute approximate surface area is 151 Å². The number of aryl methyl sites for hydroxylation is 1. The lowest BCUT2D eigenvalue weighted by Gasteiger charge is -2.32. The van der Waals surface area contributed by atoms with Crippen LogP contribution in [-0.4, -0.2) is 23.1 Å². The van der Waals surface area contributed by atoms with Gasteiger partial charge in [0.15, 0.2) is 0 Å². The number of anilines is 1. The van der Waals surface area contributed by atoms with Gasteiger partial charge in [0, 0.05) is 23.5 Å². The zero-order valence-electron chi connectivity index (χ0n) is 13.9. The molecule has 0 aliphatic carbocycles. The highest BCUT2D eigenvalue weighted by molar-refractivity contribution is 7.19. The topological polar surface area (TPSA) is 29.0 Å². The predicted molar refractivity (Wildman–Crippen MR) is 103 cm³/mol. The molecule has 1 atom stereocenters. The Balaban J connectivity index is 1.96. The lowest BCUT2D eigenvalue weighted by Crippen LogP contribution is -2.35. The van der Waals surface area contributed by atoms with E-state index in [2.05, 4.69) is 53.0 Å². The highest BCUT2D eigenvalue weighted by Crippen LogP contribution is 2.42. The molecule has 1 aliphatic heterocycles. The van der Waals surface area contributed by atoms with Gasteiger partial charge in [-0.2, -0.15) is 4.98 Å². The Bertz CT molecular complexity index is 875. The number of thiophene rings is 1. The Kier molecular flexibility index (Phi) is 4.19. The molecule has 3 aromatic rings. The molecule has 1 aromatic carbocycles. The van der Waals surface area contributed by atoms with Gasteiger partial charge in [0.2, 0.25) is 5.28 Å². The molecule has 0 amide bonds. The van der Waals surface area contributed by atoms with E-state index < -0.39 is 0 Å². The molecule has 3 heterocycles. The van der Waals surface area contributed by atoms with Crippen molar-refractivity contribution in [1.29, 1.82) is 0 Å². The first-order valence-corrected chi connectivity index (χ1v) is 9.60. The van der Waals surface area contributed by atoms with Crippen molar-refractivity contribution in [3.05, 3.63) is 40.5 Å². The number of nitrogens with zero attached hydrogens (tertiary/aromatic N) is 3. The molecule has 0 spiro atoms. The van der Waals surface area contributed by atoms with E-state index in [1.165, 1.54) is 28.8 Å². The van der Waals surface area contributed by atoms with Gasteiger partial charge >= 0.3 is 0 Å². The monoisotopic (exact) mass is 357 g/mol. The van der Waals surface area contributed by atoms with Gasteiger partial charge in [-0.15, -0.1) is 11.3 Å². The smallest absolute Gasteiger partial charge is 0.225 e. The van der Waals surface area contributed by atoms with E-state index in [4.69, 9.17) is 11.6 Å². The maximum absolute atomic E-state index is 6.24. The Morgan fingerprint density at radius 3 is 2.75 bits per heavy atom. The van der Waals surface area contributed by atoms with E-state index in [1.54, 1.807) is 11.3 Å². The summed E-state index contributed by atoms with van der Waals surface area (Å²) in [6.45, 7) is 6.54. The molecule has 1 unspecified atom stereocenters. The lowest BCUT2D eigenvalue weighted by molar-refractivity contribution is 0.445. The molecule has 0 bridgehead atoms. The predicted octanol–water partition coefficient (Wildman–Crippen LogP) is 5.56. The average molecular weight is 358 g/mol. The summed E-state index contributed by atoms with van der Waals surface area (Å²) in [7, 11) is 0. The molecule has 1 fully saturated rings. The zero-order chi connectivity index (χ0) is 16.7. The Morgan fingerprint density at radius 1 is 1.21 bits per heavy atom. The molecule has 24 heavy (non-hydrogen) atoms. The van der Waals surface area contributed by atoms with Crippen molar-refractivity contribution in [3.8, 4) is 11.1 Å². The third-order valence-electron chi connectivity index (χ3n) is 4.70. The summed E-state index contributed by atoms with van der Waals surface area (Å²) >= 11 is 7.95. The zero-order valence-corrected chi connectivity index (χ0v) is 15.5. The van der Waals surface area contributed by atoms with Crippen LogP contribution in [0.2, 0.25) is 5.28 Å². The van der Waals surface area contributed by atoms with E-state index in [0.717, 1.165) is 29.1 Å². The van der Waals surface area contributed by atoms with Crippen molar-refractivity contribution in [3.63, 3.8) is 0 Å². The summed E-state index contributed by atoms with van der Waals surface area (Å²) < 4.78 is 0. The Morgan fingerprint density at radius 2 is 2.00 bits per heavy atom. The number of benzene rings is 1. The van der Waals surface area contributed by atoms with Gasteiger partial charge in [-0.05, 0) is 42.8 Å². The molecule has 0 radical (unpaired) electrons. The number of halogens is 1. The summed E-state index contributed by atoms with van der Waals surface area (Å²) in [6, 6.07) is 10.5. The van der Waals surface area contributed by atoms with Gasteiger partial charge in [-0.1, -0.05) is 37.3 Å². The van der Waals surface area contributed by atoms with Gasteiger partial charge in [0.1, 0.15) is 10.6 Å². The molecule has 4 rings (SSSR count). The van der Waals surface area contributed by atoms with Gasteiger partial charge in [0.25, 0.3) is 0 Å². The summed E-state index contributed by atoms with van der Waals surface area (Å²) in [5.41, 5.74) is 2.47. The van der Waals surface area contributed by atoms with Crippen LogP contribution >= 0.6 is 22.9 Å². The number of fused-ring (bicyclic) bond motifs is 1. The van der Waals surface area contributed by atoms with Crippen molar-refractivity contribution < 1.29 is 0 Å². The third kappa shape index (κ3) is 2.78. The molecule has 5 heteroatoms. The maximum atomic E-state index is 6.24. The molecular formula is C19H20ClN3S. The van der Waals surface area contributed by atoms with Crippen LogP contribution in [0.4, 0.5) is 5.82 Å². The quantitative estimate of drug-likeness (QED) is 0.562. The minimum Gasteiger partial charge on any atom is -0.356 e. The third-order valence-corrected chi connectivity index (χ3v) is 5.87. The minimum atomic E-state index is 0.344. The van der Waals surface area contributed by atoms with Gasteiger partial charge in [-0.3, -0.25) is 0 Å². The van der Waals surface area contributed by atoms with E-state index in [-0.39, 0.29) is 0 Å². The van der Waals surface area contributed by atoms with Crippen molar-refractivity contribution in [1.82, 2.24) is 9.97 Å². The van der Waals surface area contributed by atoms with Gasteiger partial charge in [-0.25, -0.2) is 4.98 Å². The van der Waals surface area contributed by atoms with Gasteiger partial charge in [0.05, 0.1) is 5.39 Å². The van der Waals surface area contributed by atoms with Crippen LogP contribution in [0, 0.1) is 12.8 Å². The summed E-state index contributed by atoms with van der Waals surface area (Å²) in [4.78, 5) is 13.8. The lowest BCUT2D eigenvalue weighted by atomic mass is 9.99. The standard InChI is InChI=1S/C19H20ClN3S/c1-12-7-6-10-23(11-12)17-16-15(14-8-4-3-5-9-14)13(2)24-18(16)22-19(20)21-17/h3-5,8-9,12H,6-7,10-11H2,1-2H3. The summed E-state index contributed by atoms with van der Waals surface area (Å²) in [5, 5.41) is 1.50. The molecule has 0 saturated carbocycles. The fraction of sp³-hybridized carbons (Fsp3) is 0.368. The summed E-state index contributed by atoms with van der Waals surface area (Å²) in [5.74, 6) is 1.68. The van der Waals surface area contributed by atoms with Crippen LogP contribution in [0.1, 0.15) is 24.6 Å². The van der Waals surface area contributed by atoms with Crippen molar-refractivity contribution in [2.24, 2.45) is 5.92 Å². The largest absolute Gasteiger partial charge is 0.356 e. The number of rotatable bonds is 2. The van der Waals surface area contributed by atoms with Crippen LogP contribution in [0.25, 0.3) is 21.3 Å². The molecule has 2 aromatic heterocycles. The normalized spacial score (nSPS) is 18.3. The van der Waals surface area contributed by atoms with E-state index in [1.807, 2.05) is 6.07 Å². The number of hydrogen-bond acceptors (Lipinski definition) is 4. The second kappa shape index (κ2) is 6.34. The van der Waals surface area contributed by atoms with Crippen LogP contribution in [0.3, 0.4) is 0 Å². The molecule has 0 N–H and O–H groups in total. The first-order valence-electron chi connectivity index (χ1n) is 8.40. The van der Waals surface area contributed by atoms with Gasteiger partial charge < -0.3 is 4.90 Å². The highest BCUT2D eigenvalue weighted by Gasteiger charge is 2.24. The van der Waals surface area contributed by atoms with E-state index in [0.29, 0.717) is 11.2 Å². The highest BCUT2D eigenvalue weighted by atomic mass is 35.5. The van der Waals surface area contributed by atoms with Crippen LogP contribution in [0.15, 0.2) is 30.3 Å². The van der Waals surface area contributed by atoms with Crippen LogP contribution < -0.4 is 4.90 Å². The molecule has 1 saturated heterocycles. The minimum absolute atomic E-state index is 0.344. The number of hydrogen-bond donors (Lipinski definition) is 0. The fourth-order valence-corrected chi connectivity index (χ4v) is 4.89. The van der Waals surface area contributed by atoms with Crippen molar-refractivity contribution in [2.75, 3.05) is 18.0 Å². The molecule has 1 aliphatic rings. The number of piperidine rings is 1. The number of aromatic nitrogens is 2. The molecule has 3 nitrogen and oxygen atoms in total. The maximum Gasteiger partial charge on any atom is 0.225 e. The fourth-order valence-electron chi connectivity index (χ4n) is 3.63. The second-order valence-corrected chi connectivity index (χ2v) is 8.13. The average Bonchev–Trinajstić information content (AvgIpc) is 2.90. The van der Waals surface area contributed by atoms with E-state index in [9.17, 15) is 0 Å². The Hall–Kier alpha value is -1.65. The first kappa shape index (κ1) is 15.9. The van der Waals surface area contributed by atoms with Crippen LogP contribution in [0.5, 0.6) is 0 Å². The summed E-state index contributed by atoms with van der Waals surface area (Å²) in [6.07, 6.45) is 2.49. The molecule has 124 valence electrons. The van der Waals surface area contributed by atoms with Crippen molar-refractivity contribution >= 4 is 39.0 Å². The molecular weight excluding hydrogens is 338 g/mol. The van der Waals surface area contributed by atoms with Crippen LogP contribution in [-0.2, 0) is 0 Å². The SMILES string of the molecule is Cc1sc2nc(Cl)nc(N3CCCC(C)C3)c2c1-c1ccccc1. The van der Waals surface area contributed by atoms with Crippen molar-refractivity contribution in [2.45, 2.75) is 26.7 Å².